The minimum atomic E-state index is -3.70. The third-order valence-electron chi connectivity index (χ3n) is 4.54. The van der Waals surface area contributed by atoms with Crippen LogP contribution in [0.1, 0.15) is 24.2 Å². The zero-order valence-electron chi connectivity index (χ0n) is 17.8. The number of sulfonamides is 1. The number of aromatic nitrogens is 1. The van der Waals surface area contributed by atoms with E-state index in [1.165, 1.54) is 35.6 Å². The molecular weight excluding hydrogens is 444 g/mol. The molecule has 0 atom stereocenters. The van der Waals surface area contributed by atoms with Crippen molar-refractivity contribution >= 4 is 33.3 Å². The van der Waals surface area contributed by atoms with Crippen molar-refractivity contribution in [3.8, 4) is 0 Å². The highest BCUT2D eigenvalue weighted by atomic mass is 32.2. The van der Waals surface area contributed by atoms with Crippen LogP contribution in [0, 0.1) is 10.1 Å². The average Bonchev–Trinajstić information content (AvgIpc) is 2.73. The van der Waals surface area contributed by atoms with E-state index in [-0.39, 0.29) is 22.2 Å². The molecule has 13 heteroatoms. The lowest BCUT2D eigenvalue weighted by molar-refractivity contribution is -0.386. The van der Waals surface area contributed by atoms with Gasteiger partial charge in [0.1, 0.15) is 6.54 Å². The van der Waals surface area contributed by atoms with Crippen molar-refractivity contribution in [3.05, 3.63) is 62.6 Å². The molecule has 1 amide bonds. The Morgan fingerprint density at radius 3 is 2.34 bits per heavy atom. The number of hydrogen-bond donors (Lipinski definition) is 1. The number of hydrogen-bond acceptors (Lipinski definition) is 8. The predicted octanol–water partition coefficient (Wildman–Crippen LogP) is 1.21. The highest BCUT2D eigenvalue weighted by molar-refractivity contribution is 7.89. The summed E-state index contributed by atoms with van der Waals surface area (Å²) in [7, 11) is -1.18. The van der Waals surface area contributed by atoms with Gasteiger partial charge in [-0.25, -0.2) is 13.2 Å². The number of esters is 1. The molecule has 0 aliphatic carbocycles. The van der Waals surface area contributed by atoms with E-state index < -0.39 is 44.6 Å². The fourth-order valence-corrected chi connectivity index (χ4v) is 3.97. The van der Waals surface area contributed by atoms with Crippen LogP contribution in [0.3, 0.4) is 0 Å². The van der Waals surface area contributed by atoms with Crippen molar-refractivity contribution in [2.45, 2.75) is 31.3 Å². The molecule has 0 radical (unpaired) electrons. The summed E-state index contributed by atoms with van der Waals surface area (Å²) >= 11 is 0. The third kappa shape index (κ3) is 5.36. The van der Waals surface area contributed by atoms with Gasteiger partial charge >= 0.3 is 17.2 Å². The van der Waals surface area contributed by atoms with Gasteiger partial charge in [-0.1, -0.05) is 0 Å². The number of nitro groups is 1. The number of ether oxygens (including phenoxy) is 1. The summed E-state index contributed by atoms with van der Waals surface area (Å²) in [6.45, 7) is 2.84. The fourth-order valence-electron chi connectivity index (χ4n) is 2.61. The Bertz CT molecular complexity index is 1200. The summed E-state index contributed by atoms with van der Waals surface area (Å²) < 4.78 is 31.4. The Labute approximate surface area is 183 Å². The lowest BCUT2D eigenvalue weighted by atomic mass is 10.2. The minimum Gasteiger partial charge on any atom is -0.465 e. The van der Waals surface area contributed by atoms with Crippen molar-refractivity contribution < 1.29 is 27.7 Å². The van der Waals surface area contributed by atoms with E-state index in [2.05, 4.69) is 10.1 Å². The third-order valence-corrected chi connectivity index (χ3v) is 6.59. The highest BCUT2D eigenvalue weighted by Crippen LogP contribution is 2.19. The van der Waals surface area contributed by atoms with Gasteiger partial charge in [0.05, 0.1) is 22.5 Å². The number of carbonyl (C=O) groups excluding carboxylic acids is 2. The number of amides is 1. The first-order valence-electron chi connectivity index (χ1n) is 9.23. The van der Waals surface area contributed by atoms with E-state index in [4.69, 9.17) is 0 Å². The second kappa shape index (κ2) is 9.70. The molecular formula is C19H22N4O8S. The fraction of sp³-hybridized carbons (Fsp3) is 0.316. The molecule has 12 nitrogen and oxygen atoms in total. The molecule has 0 spiro atoms. The number of pyridine rings is 1. The molecule has 172 valence electrons. The smallest absolute Gasteiger partial charge is 0.339 e. The van der Waals surface area contributed by atoms with Gasteiger partial charge in [-0.05, 0) is 38.1 Å². The van der Waals surface area contributed by atoms with E-state index >= 15 is 0 Å². The van der Waals surface area contributed by atoms with Gasteiger partial charge in [0.2, 0.25) is 15.9 Å². The van der Waals surface area contributed by atoms with Crippen LogP contribution in [0.2, 0.25) is 0 Å². The second-order valence-corrected chi connectivity index (χ2v) is 8.98. The minimum absolute atomic E-state index is 0.0318. The number of nitrogens with zero attached hydrogens (tertiary/aromatic N) is 3. The van der Waals surface area contributed by atoms with Crippen LogP contribution in [0.4, 0.5) is 11.4 Å². The highest BCUT2D eigenvalue weighted by Gasteiger charge is 2.23. The van der Waals surface area contributed by atoms with E-state index in [1.807, 2.05) is 0 Å². The van der Waals surface area contributed by atoms with Crippen LogP contribution >= 0.6 is 0 Å². The van der Waals surface area contributed by atoms with E-state index in [9.17, 15) is 32.9 Å². The van der Waals surface area contributed by atoms with Crippen molar-refractivity contribution in [2.24, 2.45) is 0 Å². The number of nitrogens with one attached hydrogen (secondary N) is 1. The second-order valence-electron chi connectivity index (χ2n) is 6.98. The molecule has 0 aliphatic heterocycles. The van der Waals surface area contributed by atoms with Crippen LogP contribution < -0.4 is 10.9 Å². The van der Waals surface area contributed by atoms with Gasteiger partial charge in [-0.3, -0.25) is 24.3 Å². The molecule has 0 bridgehead atoms. The lowest BCUT2D eigenvalue weighted by Gasteiger charge is -2.21. The molecule has 2 aromatic rings. The summed E-state index contributed by atoms with van der Waals surface area (Å²) in [6, 6.07) is 5.90. The van der Waals surface area contributed by atoms with Crippen molar-refractivity contribution in [3.63, 3.8) is 0 Å². The molecule has 32 heavy (non-hydrogen) atoms. The van der Waals surface area contributed by atoms with Crippen LogP contribution in [-0.4, -0.2) is 54.3 Å². The topological polar surface area (TPSA) is 158 Å². The molecule has 0 unspecified atom stereocenters. The van der Waals surface area contributed by atoms with Gasteiger partial charge in [-0.2, -0.15) is 4.31 Å². The number of methoxy groups -OCH3 is 1. The number of carbonyl (C=O) groups is 2. The Morgan fingerprint density at radius 1 is 1.25 bits per heavy atom. The monoisotopic (exact) mass is 466 g/mol. The Kier molecular flexibility index (Phi) is 7.48. The van der Waals surface area contributed by atoms with E-state index in [1.54, 1.807) is 13.8 Å². The number of rotatable bonds is 8. The number of benzene rings is 1. The summed E-state index contributed by atoms with van der Waals surface area (Å²) in [6.07, 6.45) is 0.984. The first-order valence-corrected chi connectivity index (χ1v) is 10.7. The predicted molar refractivity (Wildman–Crippen MR) is 114 cm³/mol. The molecule has 0 saturated carbocycles. The zero-order chi connectivity index (χ0) is 24.2. The SMILES string of the molecule is COC(=O)c1cc([N+](=O)[O-])c(=O)n(CC(=O)Nc2ccc(S(=O)(=O)N(C)C(C)C)cc2)c1. The molecule has 1 aromatic carbocycles. The summed E-state index contributed by atoms with van der Waals surface area (Å²) in [5, 5.41) is 13.6. The molecule has 0 aliphatic rings. The summed E-state index contributed by atoms with van der Waals surface area (Å²) in [5.74, 6) is -1.64. The van der Waals surface area contributed by atoms with Gasteiger partial charge in [0.15, 0.2) is 0 Å². The Balaban J connectivity index is 2.25. The first-order chi connectivity index (χ1) is 14.9. The van der Waals surface area contributed by atoms with Crippen LogP contribution in [-0.2, 0) is 26.1 Å². The lowest BCUT2D eigenvalue weighted by Crippen LogP contribution is -2.33. The zero-order valence-corrected chi connectivity index (χ0v) is 18.6. The molecule has 1 N–H and O–H groups in total. The quantitative estimate of drug-likeness (QED) is 0.345. The maximum absolute atomic E-state index is 12.5. The van der Waals surface area contributed by atoms with Crippen LogP contribution in [0.15, 0.2) is 46.2 Å². The van der Waals surface area contributed by atoms with E-state index in [0.717, 1.165) is 23.9 Å². The molecule has 1 aromatic heterocycles. The molecule has 2 rings (SSSR count). The maximum atomic E-state index is 12.5. The van der Waals surface area contributed by atoms with Crippen molar-refractivity contribution in [2.75, 3.05) is 19.5 Å². The largest absolute Gasteiger partial charge is 0.465 e. The van der Waals surface area contributed by atoms with Crippen LogP contribution in [0.25, 0.3) is 0 Å². The van der Waals surface area contributed by atoms with Crippen molar-refractivity contribution in [1.29, 1.82) is 0 Å². The summed E-state index contributed by atoms with van der Waals surface area (Å²) in [5.41, 5.74) is -1.98. The maximum Gasteiger partial charge on any atom is 0.339 e. The van der Waals surface area contributed by atoms with Gasteiger partial charge < -0.3 is 10.1 Å². The molecule has 1 heterocycles. The van der Waals surface area contributed by atoms with Gasteiger partial charge in [0.25, 0.3) is 0 Å². The van der Waals surface area contributed by atoms with Gasteiger partial charge in [0, 0.05) is 31.0 Å². The number of anilines is 1. The standard InChI is InChI=1S/C19H22N4O8S/c1-12(2)21(3)32(29,30)15-7-5-14(6-8-15)20-17(24)11-22-10-13(19(26)31-4)9-16(18(22)25)23(27)28/h5-10,12H,11H2,1-4H3,(H,20,24). The summed E-state index contributed by atoms with van der Waals surface area (Å²) in [4.78, 5) is 46.5. The van der Waals surface area contributed by atoms with E-state index in [0.29, 0.717) is 0 Å². The average molecular weight is 466 g/mol. The van der Waals surface area contributed by atoms with Gasteiger partial charge in [-0.15, -0.1) is 0 Å². The first kappa shape index (κ1) is 24.7. The normalized spacial score (nSPS) is 11.4. The molecule has 0 saturated heterocycles. The Hall–Kier alpha value is -3.58. The van der Waals surface area contributed by atoms with Crippen molar-refractivity contribution in [1.82, 2.24) is 8.87 Å². The molecule has 0 fully saturated rings. The Morgan fingerprint density at radius 2 is 1.84 bits per heavy atom. The van der Waals surface area contributed by atoms with Crippen LogP contribution in [0.5, 0.6) is 0 Å².